The highest BCUT2D eigenvalue weighted by atomic mass is 16.5. The maximum atomic E-state index is 11.9. The topological polar surface area (TPSA) is 93.7 Å². The first-order chi connectivity index (χ1) is 14.5. The molecule has 7 nitrogen and oxygen atoms in total. The minimum Gasteiger partial charge on any atom is -0.489 e. The van der Waals surface area contributed by atoms with E-state index in [0.717, 1.165) is 24.0 Å². The molecule has 1 atom stereocenters. The molecule has 3 rings (SSSR count). The third-order valence-corrected chi connectivity index (χ3v) is 4.35. The lowest BCUT2D eigenvalue weighted by Gasteiger charge is -2.12. The van der Waals surface area contributed by atoms with Gasteiger partial charge in [0, 0.05) is 12.1 Å². The summed E-state index contributed by atoms with van der Waals surface area (Å²) in [4.78, 5) is 35.3. The molecule has 0 saturated heterocycles. The van der Waals surface area contributed by atoms with Gasteiger partial charge >= 0.3 is 12.0 Å². The SMILES string of the molecule is CC(OC(=O)/C=C/c1ccc(OCc2ccccc2)cc1)C(=O)NC(=O)NC1CC1. The summed E-state index contributed by atoms with van der Waals surface area (Å²) in [5.41, 5.74) is 1.85. The zero-order chi connectivity index (χ0) is 21.3. The fourth-order valence-corrected chi connectivity index (χ4v) is 2.51. The van der Waals surface area contributed by atoms with Crippen molar-refractivity contribution in [1.29, 1.82) is 0 Å². The van der Waals surface area contributed by atoms with Crippen LogP contribution in [0.2, 0.25) is 0 Å². The minimum atomic E-state index is -1.08. The largest absolute Gasteiger partial charge is 0.489 e. The van der Waals surface area contributed by atoms with Crippen molar-refractivity contribution in [2.75, 3.05) is 0 Å². The summed E-state index contributed by atoms with van der Waals surface area (Å²) in [5, 5.41) is 4.78. The van der Waals surface area contributed by atoms with Crippen molar-refractivity contribution < 1.29 is 23.9 Å². The summed E-state index contributed by atoms with van der Waals surface area (Å²) in [7, 11) is 0. The standard InChI is InChI=1S/C23H24N2O5/c1-16(22(27)25-23(28)24-19-10-11-19)30-21(26)14-9-17-7-12-20(13-8-17)29-15-18-5-3-2-4-6-18/h2-9,12-14,16,19H,10-11,15H2,1H3,(H2,24,25,27,28)/b14-9+. The highest BCUT2D eigenvalue weighted by Crippen LogP contribution is 2.18. The summed E-state index contributed by atoms with van der Waals surface area (Å²) in [6, 6.07) is 16.6. The van der Waals surface area contributed by atoms with Crippen molar-refractivity contribution in [3.05, 3.63) is 71.8 Å². The van der Waals surface area contributed by atoms with E-state index in [9.17, 15) is 14.4 Å². The number of esters is 1. The average Bonchev–Trinajstić information content (AvgIpc) is 3.56. The number of amides is 3. The van der Waals surface area contributed by atoms with Gasteiger partial charge in [0.1, 0.15) is 12.4 Å². The maximum Gasteiger partial charge on any atom is 0.331 e. The van der Waals surface area contributed by atoms with Crippen molar-refractivity contribution in [3.8, 4) is 5.75 Å². The molecule has 0 heterocycles. The van der Waals surface area contributed by atoms with Crippen molar-refractivity contribution in [1.82, 2.24) is 10.6 Å². The van der Waals surface area contributed by atoms with Gasteiger partial charge in [0.05, 0.1) is 0 Å². The van der Waals surface area contributed by atoms with E-state index in [0.29, 0.717) is 12.4 Å². The number of rotatable bonds is 8. The Morgan fingerprint density at radius 1 is 1.07 bits per heavy atom. The molecule has 2 aromatic carbocycles. The van der Waals surface area contributed by atoms with E-state index in [2.05, 4.69) is 10.6 Å². The molecule has 1 aliphatic carbocycles. The fourth-order valence-electron chi connectivity index (χ4n) is 2.51. The molecule has 30 heavy (non-hydrogen) atoms. The van der Waals surface area contributed by atoms with Crippen LogP contribution in [0.1, 0.15) is 30.9 Å². The lowest BCUT2D eigenvalue weighted by atomic mass is 10.2. The Kier molecular flexibility index (Phi) is 7.21. The van der Waals surface area contributed by atoms with E-state index in [1.807, 2.05) is 54.6 Å². The molecule has 3 amide bonds. The first-order valence-corrected chi connectivity index (χ1v) is 9.76. The molecule has 156 valence electrons. The van der Waals surface area contributed by atoms with Gasteiger partial charge in [-0.3, -0.25) is 10.1 Å². The molecule has 0 bridgehead atoms. The molecular weight excluding hydrogens is 384 g/mol. The molecule has 1 aliphatic rings. The number of carbonyl (C=O) groups excluding carboxylic acids is 3. The number of carbonyl (C=O) groups is 3. The highest BCUT2D eigenvalue weighted by molar-refractivity contribution is 5.98. The molecule has 0 aromatic heterocycles. The van der Waals surface area contributed by atoms with E-state index in [-0.39, 0.29) is 6.04 Å². The summed E-state index contributed by atoms with van der Waals surface area (Å²) >= 11 is 0. The second kappa shape index (κ2) is 10.2. The van der Waals surface area contributed by atoms with Gasteiger partial charge in [0.2, 0.25) is 0 Å². The van der Waals surface area contributed by atoms with Gasteiger partial charge in [-0.1, -0.05) is 42.5 Å². The monoisotopic (exact) mass is 408 g/mol. The van der Waals surface area contributed by atoms with Crippen LogP contribution in [0.5, 0.6) is 5.75 Å². The molecule has 0 aliphatic heterocycles. The van der Waals surface area contributed by atoms with E-state index < -0.39 is 24.0 Å². The van der Waals surface area contributed by atoms with Crippen LogP contribution in [0.4, 0.5) is 4.79 Å². The summed E-state index contributed by atoms with van der Waals surface area (Å²) in [5.74, 6) is -0.632. The number of benzene rings is 2. The average molecular weight is 408 g/mol. The molecule has 0 spiro atoms. The Morgan fingerprint density at radius 3 is 2.43 bits per heavy atom. The second-order valence-corrected chi connectivity index (χ2v) is 6.99. The Balaban J connectivity index is 1.42. The Hall–Kier alpha value is -3.61. The van der Waals surface area contributed by atoms with Crippen molar-refractivity contribution in [2.24, 2.45) is 0 Å². The predicted molar refractivity (Wildman–Crippen MR) is 112 cm³/mol. The Labute approximate surface area is 175 Å². The molecule has 1 fully saturated rings. The normalized spacial score (nSPS) is 14.0. The maximum absolute atomic E-state index is 11.9. The smallest absolute Gasteiger partial charge is 0.331 e. The molecule has 2 N–H and O–H groups in total. The van der Waals surface area contributed by atoms with Crippen molar-refractivity contribution in [3.63, 3.8) is 0 Å². The second-order valence-electron chi connectivity index (χ2n) is 6.99. The molecule has 0 radical (unpaired) electrons. The summed E-state index contributed by atoms with van der Waals surface area (Å²) < 4.78 is 10.7. The fraction of sp³-hybridized carbons (Fsp3) is 0.261. The molecule has 2 aromatic rings. The van der Waals surface area contributed by atoms with Gasteiger partial charge in [0.15, 0.2) is 6.10 Å². The first-order valence-electron chi connectivity index (χ1n) is 9.76. The van der Waals surface area contributed by atoms with Gasteiger partial charge in [-0.2, -0.15) is 0 Å². The van der Waals surface area contributed by atoms with Crippen LogP contribution in [-0.2, 0) is 20.9 Å². The summed E-state index contributed by atoms with van der Waals surface area (Å²) in [6.45, 7) is 1.88. The van der Waals surface area contributed by atoms with Gasteiger partial charge in [0.25, 0.3) is 5.91 Å². The van der Waals surface area contributed by atoms with Gasteiger partial charge in [-0.15, -0.1) is 0 Å². The molecule has 7 heteroatoms. The van der Waals surface area contributed by atoms with Crippen LogP contribution in [0.3, 0.4) is 0 Å². The third kappa shape index (κ3) is 7.09. The van der Waals surface area contributed by atoms with E-state index in [1.165, 1.54) is 13.0 Å². The summed E-state index contributed by atoms with van der Waals surface area (Å²) in [6.07, 6.45) is 3.55. The number of imide groups is 1. The number of ether oxygens (including phenoxy) is 2. The van der Waals surface area contributed by atoms with E-state index in [4.69, 9.17) is 9.47 Å². The predicted octanol–water partition coefficient (Wildman–Crippen LogP) is 3.20. The quantitative estimate of drug-likeness (QED) is 0.517. The zero-order valence-corrected chi connectivity index (χ0v) is 16.7. The molecule has 1 saturated carbocycles. The molecular formula is C23H24N2O5. The Bertz CT molecular complexity index is 905. The van der Waals surface area contributed by atoms with Gasteiger partial charge in [-0.25, -0.2) is 9.59 Å². The third-order valence-electron chi connectivity index (χ3n) is 4.35. The van der Waals surface area contributed by atoms with Crippen LogP contribution in [-0.4, -0.2) is 30.1 Å². The highest BCUT2D eigenvalue weighted by Gasteiger charge is 2.25. The van der Waals surface area contributed by atoms with Crippen molar-refractivity contribution in [2.45, 2.75) is 38.5 Å². The number of urea groups is 1. The van der Waals surface area contributed by atoms with Gasteiger partial charge < -0.3 is 14.8 Å². The minimum absolute atomic E-state index is 0.133. The molecule has 1 unspecified atom stereocenters. The first kappa shape index (κ1) is 21.1. The lowest BCUT2D eigenvalue weighted by molar-refractivity contribution is -0.149. The van der Waals surface area contributed by atoms with Crippen molar-refractivity contribution >= 4 is 24.0 Å². The van der Waals surface area contributed by atoms with Crippen LogP contribution in [0.15, 0.2) is 60.7 Å². The lowest BCUT2D eigenvalue weighted by Crippen LogP contribution is -2.45. The van der Waals surface area contributed by atoms with E-state index >= 15 is 0 Å². The van der Waals surface area contributed by atoms with Crippen LogP contribution < -0.4 is 15.4 Å². The van der Waals surface area contributed by atoms with Gasteiger partial charge in [-0.05, 0) is 49.1 Å². The number of hydrogen-bond donors (Lipinski definition) is 2. The zero-order valence-electron chi connectivity index (χ0n) is 16.7. The van der Waals surface area contributed by atoms with Crippen LogP contribution in [0, 0.1) is 0 Å². The van der Waals surface area contributed by atoms with Crippen LogP contribution in [0.25, 0.3) is 6.08 Å². The van der Waals surface area contributed by atoms with E-state index in [1.54, 1.807) is 6.08 Å². The van der Waals surface area contributed by atoms with Crippen LogP contribution >= 0.6 is 0 Å². The number of hydrogen-bond acceptors (Lipinski definition) is 5. The number of nitrogens with one attached hydrogen (secondary N) is 2. The Morgan fingerprint density at radius 2 is 1.77 bits per heavy atom.